The van der Waals surface area contributed by atoms with E-state index in [1.165, 1.54) is 10.9 Å². The molecular formula is C11H14N2O. The van der Waals surface area contributed by atoms with Gasteiger partial charge in [-0.2, -0.15) is 0 Å². The Hall–Kier alpha value is -1.32. The van der Waals surface area contributed by atoms with E-state index in [0.29, 0.717) is 13.2 Å². The van der Waals surface area contributed by atoms with Gasteiger partial charge < -0.3 is 15.5 Å². The number of nitrogens with two attached hydrogens (primary N) is 1. The van der Waals surface area contributed by atoms with Crippen molar-refractivity contribution in [3.8, 4) is 0 Å². The molecule has 0 aliphatic heterocycles. The van der Waals surface area contributed by atoms with Crippen molar-refractivity contribution in [3.05, 3.63) is 35.5 Å². The number of ether oxygens (including phenoxy) is 1. The van der Waals surface area contributed by atoms with Crippen LogP contribution < -0.4 is 5.73 Å². The van der Waals surface area contributed by atoms with Crippen LogP contribution in [-0.2, 0) is 17.9 Å². The summed E-state index contributed by atoms with van der Waals surface area (Å²) in [5.41, 5.74) is 9.02. The molecule has 0 unspecified atom stereocenters. The number of aromatic amines is 1. The van der Waals surface area contributed by atoms with Gasteiger partial charge in [-0.05, 0) is 11.6 Å². The average Bonchev–Trinajstić information content (AvgIpc) is 2.61. The zero-order chi connectivity index (χ0) is 9.97. The molecule has 0 bridgehead atoms. The lowest BCUT2D eigenvalue weighted by Gasteiger charge is -1.99. The van der Waals surface area contributed by atoms with E-state index in [9.17, 15) is 0 Å². The molecule has 74 valence electrons. The van der Waals surface area contributed by atoms with E-state index in [1.54, 1.807) is 7.11 Å². The lowest BCUT2D eigenvalue weighted by molar-refractivity contribution is 0.186. The van der Waals surface area contributed by atoms with E-state index < -0.39 is 0 Å². The predicted molar refractivity (Wildman–Crippen MR) is 56.9 cm³/mol. The van der Waals surface area contributed by atoms with Crippen molar-refractivity contribution in [2.24, 2.45) is 5.73 Å². The number of methoxy groups -OCH3 is 1. The van der Waals surface area contributed by atoms with Gasteiger partial charge in [0.25, 0.3) is 0 Å². The first-order chi connectivity index (χ1) is 6.85. The van der Waals surface area contributed by atoms with Gasteiger partial charge in [0.05, 0.1) is 6.61 Å². The second-order valence-corrected chi connectivity index (χ2v) is 3.33. The molecule has 2 rings (SSSR count). The summed E-state index contributed by atoms with van der Waals surface area (Å²) in [6.45, 7) is 1.22. The van der Waals surface area contributed by atoms with Crippen molar-refractivity contribution in [2.45, 2.75) is 13.2 Å². The molecular weight excluding hydrogens is 176 g/mol. The lowest BCUT2D eigenvalue weighted by Crippen LogP contribution is -1.95. The maximum absolute atomic E-state index is 5.57. The first-order valence-electron chi connectivity index (χ1n) is 4.63. The molecule has 14 heavy (non-hydrogen) atoms. The molecule has 0 saturated heterocycles. The second-order valence-electron chi connectivity index (χ2n) is 3.33. The minimum absolute atomic E-state index is 0.578. The predicted octanol–water partition coefficient (Wildman–Crippen LogP) is 1.77. The van der Waals surface area contributed by atoms with Crippen LogP contribution in [0.3, 0.4) is 0 Å². The second kappa shape index (κ2) is 3.82. The van der Waals surface area contributed by atoms with Crippen LogP contribution in [0.2, 0.25) is 0 Å². The SMILES string of the molecule is COCc1c[nH]c2cc(CN)ccc12. The van der Waals surface area contributed by atoms with Gasteiger partial charge >= 0.3 is 0 Å². The van der Waals surface area contributed by atoms with Crippen molar-refractivity contribution in [1.29, 1.82) is 0 Å². The highest BCUT2D eigenvalue weighted by Crippen LogP contribution is 2.19. The fourth-order valence-electron chi connectivity index (χ4n) is 1.64. The number of rotatable bonds is 3. The third-order valence-electron chi connectivity index (χ3n) is 2.37. The number of benzene rings is 1. The molecule has 3 N–H and O–H groups in total. The van der Waals surface area contributed by atoms with Crippen LogP contribution in [-0.4, -0.2) is 12.1 Å². The quantitative estimate of drug-likeness (QED) is 0.775. The van der Waals surface area contributed by atoms with Crippen LogP contribution in [0.15, 0.2) is 24.4 Å². The third kappa shape index (κ3) is 1.52. The van der Waals surface area contributed by atoms with Gasteiger partial charge in [-0.3, -0.25) is 0 Å². The Morgan fingerprint density at radius 2 is 2.29 bits per heavy atom. The van der Waals surface area contributed by atoms with E-state index in [1.807, 2.05) is 6.20 Å². The molecule has 2 aromatic rings. The number of H-pyrrole nitrogens is 1. The zero-order valence-electron chi connectivity index (χ0n) is 8.21. The number of hydrogen-bond acceptors (Lipinski definition) is 2. The molecule has 0 fully saturated rings. The number of nitrogens with one attached hydrogen (secondary N) is 1. The van der Waals surface area contributed by atoms with Crippen molar-refractivity contribution in [1.82, 2.24) is 4.98 Å². The van der Waals surface area contributed by atoms with Gasteiger partial charge in [0.2, 0.25) is 0 Å². The normalized spacial score (nSPS) is 11.0. The summed E-state index contributed by atoms with van der Waals surface area (Å²) in [7, 11) is 1.70. The van der Waals surface area contributed by atoms with Gasteiger partial charge in [-0.25, -0.2) is 0 Å². The van der Waals surface area contributed by atoms with Crippen LogP contribution in [0.4, 0.5) is 0 Å². The van der Waals surface area contributed by atoms with E-state index >= 15 is 0 Å². The first kappa shape index (κ1) is 9.24. The summed E-state index contributed by atoms with van der Waals surface area (Å²) in [6, 6.07) is 6.21. The van der Waals surface area contributed by atoms with Crippen molar-refractivity contribution in [2.75, 3.05) is 7.11 Å². The Morgan fingerprint density at radius 1 is 1.43 bits per heavy atom. The Labute approximate surface area is 82.9 Å². The molecule has 0 spiro atoms. The van der Waals surface area contributed by atoms with Crippen LogP contribution >= 0.6 is 0 Å². The minimum atomic E-state index is 0.578. The van der Waals surface area contributed by atoms with Crippen molar-refractivity contribution >= 4 is 10.9 Å². The molecule has 3 heteroatoms. The molecule has 1 aromatic heterocycles. The summed E-state index contributed by atoms with van der Waals surface area (Å²) in [5, 5.41) is 1.21. The largest absolute Gasteiger partial charge is 0.380 e. The standard InChI is InChI=1S/C11H14N2O/c1-14-7-9-6-13-11-4-8(5-12)2-3-10(9)11/h2-4,6,13H,5,7,12H2,1H3. The summed E-state index contributed by atoms with van der Waals surface area (Å²) >= 11 is 0. The topological polar surface area (TPSA) is 51.0 Å². The monoisotopic (exact) mass is 190 g/mol. The zero-order valence-corrected chi connectivity index (χ0v) is 8.21. The maximum Gasteiger partial charge on any atom is 0.0733 e. The fourth-order valence-corrected chi connectivity index (χ4v) is 1.64. The molecule has 0 aliphatic rings. The highest BCUT2D eigenvalue weighted by Gasteiger charge is 2.02. The Balaban J connectivity index is 2.48. The third-order valence-corrected chi connectivity index (χ3v) is 2.37. The lowest BCUT2D eigenvalue weighted by atomic mass is 10.1. The van der Waals surface area contributed by atoms with E-state index in [4.69, 9.17) is 10.5 Å². The Bertz CT molecular complexity index is 434. The van der Waals surface area contributed by atoms with Gasteiger partial charge in [-0.1, -0.05) is 12.1 Å². The summed E-state index contributed by atoms with van der Waals surface area (Å²) in [5.74, 6) is 0. The first-order valence-corrected chi connectivity index (χ1v) is 4.63. The van der Waals surface area contributed by atoms with Gasteiger partial charge in [0, 0.05) is 36.3 Å². The van der Waals surface area contributed by atoms with Crippen LogP contribution in [0.5, 0.6) is 0 Å². The highest BCUT2D eigenvalue weighted by molar-refractivity contribution is 5.83. The molecule has 3 nitrogen and oxygen atoms in total. The molecule has 1 heterocycles. The summed E-state index contributed by atoms with van der Waals surface area (Å²) < 4.78 is 5.11. The molecule has 0 aliphatic carbocycles. The number of fused-ring (bicyclic) bond motifs is 1. The Morgan fingerprint density at radius 3 is 3.00 bits per heavy atom. The van der Waals surface area contributed by atoms with Crippen LogP contribution in [0.1, 0.15) is 11.1 Å². The van der Waals surface area contributed by atoms with Gasteiger partial charge in [-0.15, -0.1) is 0 Å². The molecule has 0 radical (unpaired) electrons. The molecule has 0 atom stereocenters. The summed E-state index contributed by atoms with van der Waals surface area (Å²) in [4.78, 5) is 3.21. The number of hydrogen-bond donors (Lipinski definition) is 2. The average molecular weight is 190 g/mol. The maximum atomic E-state index is 5.57. The molecule has 0 saturated carbocycles. The summed E-state index contributed by atoms with van der Waals surface area (Å²) in [6.07, 6.45) is 1.98. The van der Waals surface area contributed by atoms with E-state index in [2.05, 4.69) is 23.2 Å². The Kier molecular flexibility index (Phi) is 2.52. The van der Waals surface area contributed by atoms with Crippen LogP contribution in [0, 0.1) is 0 Å². The van der Waals surface area contributed by atoms with Gasteiger partial charge in [0.1, 0.15) is 0 Å². The highest BCUT2D eigenvalue weighted by atomic mass is 16.5. The van der Waals surface area contributed by atoms with Gasteiger partial charge in [0.15, 0.2) is 0 Å². The number of aromatic nitrogens is 1. The van der Waals surface area contributed by atoms with Crippen molar-refractivity contribution < 1.29 is 4.74 Å². The van der Waals surface area contributed by atoms with Crippen LogP contribution in [0.25, 0.3) is 10.9 Å². The fraction of sp³-hybridized carbons (Fsp3) is 0.273. The molecule has 0 amide bonds. The van der Waals surface area contributed by atoms with E-state index in [-0.39, 0.29) is 0 Å². The smallest absolute Gasteiger partial charge is 0.0733 e. The molecule has 1 aromatic carbocycles. The van der Waals surface area contributed by atoms with E-state index in [0.717, 1.165) is 11.1 Å². The van der Waals surface area contributed by atoms with Crippen molar-refractivity contribution in [3.63, 3.8) is 0 Å². The minimum Gasteiger partial charge on any atom is -0.380 e.